The van der Waals surface area contributed by atoms with E-state index in [-0.39, 0.29) is 23.5 Å². The van der Waals surface area contributed by atoms with Crippen LogP contribution in [0.1, 0.15) is 40.7 Å². The zero-order chi connectivity index (χ0) is 20.9. The topological polar surface area (TPSA) is 88.3 Å². The Balaban J connectivity index is 1.43. The van der Waals surface area contributed by atoms with E-state index >= 15 is 0 Å². The largest absolute Gasteiger partial charge is 0.459 e. The molecule has 0 radical (unpaired) electrons. The predicted molar refractivity (Wildman–Crippen MR) is 106 cm³/mol. The maximum atomic E-state index is 13.4. The van der Waals surface area contributed by atoms with Crippen molar-refractivity contribution in [2.75, 3.05) is 13.1 Å². The number of likely N-dealkylation sites (tertiary alicyclic amines) is 1. The number of carbonyl (C=O) groups is 2. The van der Waals surface area contributed by atoms with Gasteiger partial charge in [0.25, 0.3) is 5.91 Å². The zero-order valence-electron chi connectivity index (χ0n) is 16.2. The molecule has 1 aliphatic heterocycles. The number of carbonyl (C=O) groups excluding carboxylic acids is 2. The van der Waals surface area contributed by atoms with Gasteiger partial charge in [-0.05, 0) is 42.7 Å². The second-order valence-corrected chi connectivity index (χ2v) is 7.17. The summed E-state index contributed by atoms with van der Waals surface area (Å²) in [5.41, 5.74) is 1.29. The summed E-state index contributed by atoms with van der Waals surface area (Å²) in [5.74, 6) is -0.568. The lowest BCUT2D eigenvalue weighted by Gasteiger charge is -2.31. The number of hydrogen-bond acceptors (Lipinski definition) is 5. The number of amides is 2. The summed E-state index contributed by atoms with van der Waals surface area (Å²) in [4.78, 5) is 35.5. The number of halogens is 1. The van der Waals surface area contributed by atoms with Crippen molar-refractivity contribution in [1.82, 2.24) is 20.2 Å². The quantitative estimate of drug-likeness (QED) is 0.701. The van der Waals surface area contributed by atoms with Gasteiger partial charge in [0.15, 0.2) is 5.76 Å². The van der Waals surface area contributed by atoms with E-state index in [2.05, 4.69) is 15.3 Å². The number of benzene rings is 1. The first-order valence-corrected chi connectivity index (χ1v) is 9.76. The van der Waals surface area contributed by atoms with Gasteiger partial charge in [0.1, 0.15) is 5.82 Å². The second-order valence-electron chi connectivity index (χ2n) is 7.17. The number of rotatable bonds is 5. The van der Waals surface area contributed by atoms with E-state index in [0.717, 1.165) is 5.56 Å². The number of furan rings is 1. The van der Waals surface area contributed by atoms with Gasteiger partial charge in [-0.15, -0.1) is 0 Å². The Morgan fingerprint density at radius 1 is 1.13 bits per heavy atom. The van der Waals surface area contributed by atoms with Crippen LogP contribution in [-0.4, -0.2) is 39.8 Å². The molecule has 1 aliphatic rings. The normalized spacial score (nSPS) is 15.6. The number of piperidine rings is 1. The van der Waals surface area contributed by atoms with E-state index in [1.54, 1.807) is 47.8 Å². The van der Waals surface area contributed by atoms with Gasteiger partial charge in [-0.1, -0.05) is 12.1 Å². The molecule has 1 fully saturated rings. The molecule has 3 heterocycles. The molecule has 8 heteroatoms. The van der Waals surface area contributed by atoms with Crippen molar-refractivity contribution in [1.29, 1.82) is 0 Å². The second kappa shape index (κ2) is 8.86. The van der Waals surface area contributed by atoms with Crippen LogP contribution >= 0.6 is 0 Å². The summed E-state index contributed by atoms with van der Waals surface area (Å²) in [7, 11) is 0. The fourth-order valence-electron chi connectivity index (χ4n) is 3.60. The molecule has 154 valence electrons. The van der Waals surface area contributed by atoms with Crippen molar-refractivity contribution in [2.24, 2.45) is 5.92 Å². The number of aromatic nitrogens is 2. The number of hydrogen-bond donors (Lipinski definition) is 1. The highest BCUT2D eigenvalue weighted by Crippen LogP contribution is 2.24. The first-order chi connectivity index (χ1) is 14.6. The van der Waals surface area contributed by atoms with Crippen molar-refractivity contribution in [3.05, 3.63) is 84.1 Å². The Bertz CT molecular complexity index is 985. The zero-order valence-corrected chi connectivity index (χ0v) is 16.2. The van der Waals surface area contributed by atoms with Crippen LogP contribution < -0.4 is 5.32 Å². The fourth-order valence-corrected chi connectivity index (χ4v) is 3.60. The number of nitrogens with zero attached hydrogens (tertiary/aromatic N) is 3. The van der Waals surface area contributed by atoms with Crippen molar-refractivity contribution in [3.8, 4) is 0 Å². The third kappa shape index (κ3) is 4.37. The van der Waals surface area contributed by atoms with Crippen LogP contribution in [0.25, 0.3) is 0 Å². The van der Waals surface area contributed by atoms with Gasteiger partial charge in [-0.3, -0.25) is 19.6 Å². The summed E-state index contributed by atoms with van der Waals surface area (Å²) in [6.07, 6.45) is 7.26. The SMILES string of the molecule is O=C(NC(c1ccc(F)cc1)c1cnccn1)C1CCN(C(=O)c2ccco2)CC1. The average Bonchev–Trinajstić information content (AvgIpc) is 3.33. The summed E-state index contributed by atoms with van der Waals surface area (Å²) in [6.45, 7) is 0.952. The van der Waals surface area contributed by atoms with Crippen LogP contribution in [0.5, 0.6) is 0 Å². The molecule has 1 N–H and O–H groups in total. The summed E-state index contributed by atoms with van der Waals surface area (Å²) >= 11 is 0. The minimum atomic E-state index is -0.533. The van der Waals surface area contributed by atoms with Gasteiger partial charge in [-0.25, -0.2) is 4.39 Å². The lowest BCUT2D eigenvalue weighted by Crippen LogP contribution is -2.43. The molecule has 4 rings (SSSR count). The average molecular weight is 408 g/mol. The summed E-state index contributed by atoms with van der Waals surface area (Å²) in [6, 6.07) is 8.73. The Morgan fingerprint density at radius 2 is 1.90 bits per heavy atom. The monoisotopic (exact) mass is 408 g/mol. The minimum absolute atomic E-state index is 0.125. The highest BCUT2D eigenvalue weighted by molar-refractivity contribution is 5.91. The number of nitrogens with one attached hydrogen (secondary N) is 1. The molecule has 1 saturated heterocycles. The molecule has 0 bridgehead atoms. The molecule has 0 saturated carbocycles. The van der Waals surface area contributed by atoms with Gasteiger partial charge in [0, 0.05) is 31.4 Å². The molecule has 2 aromatic heterocycles. The van der Waals surface area contributed by atoms with Crippen LogP contribution in [0.2, 0.25) is 0 Å². The van der Waals surface area contributed by atoms with E-state index < -0.39 is 6.04 Å². The van der Waals surface area contributed by atoms with E-state index in [1.165, 1.54) is 18.4 Å². The van der Waals surface area contributed by atoms with Crippen molar-refractivity contribution >= 4 is 11.8 Å². The smallest absolute Gasteiger partial charge is 0.289 e. The summed E-state index contributed by atoms with van der Waals surface area (Å²) in [5, 5.41) is 3.02. The van der Waals surface area contributed by atoms with E-state index in [9.17, 15) is 14.0 Å². The van der Waals surface area contributed by atoms with Crippen molar-refractivity contribution < 1.29 is 18.4 Å². The Morgan fingerprint density at radius 3 is 2.53 bits per heavy atom. The van der Waals surface area contributed by atoms with Gasteiger partial charge in [-0.2, -0.15) is 0 Å². The van der Waals surface area contributed by atoms with Crippen LogP contribution in [0.4, 0.5) is 4.39 Å². The lowest BCUT2D eigenvalue weighted by atomic mass is 9.94. The van der Waals surface area contributed by atoms with Crippen LogP contribution in [0.15, 0.2) is 65.7 Å². The van der Waals surface area contributed by atoms with Crippen molar-refractivity contribution in [3.63, 3.8) is 0 Å². The van der Waals surface area contributed by atoms with Gasteiger partial charge in [0.2, 0.25) is 5.91 Å². The summed E-state index contributed by atoms with van der Waals surface area (Å²) < 4.78 is 18.5. The van der Waals surface area contributed by atoms with Crippen molar-refractivity contribution in [2.45, 2.75) is 18.9 Å². The molecule has 1 atom stereocenters. The molecule has 1 unspecified atom stereocenters. The highest BCUT2D eigenvalue weighted by Gasteiger charge is 2.30. The molecule has 0 spiro atoms. The van der Waals surface area contributed by atoms with E-state index in [1.807, 2.05) is 0 Å². The lowest BCUT2D eigenvalue weighted by molar-refractivity contribution is -0.126. The Hall–Kier alpha value is -3.55. The van der Waals surface area contributed by atoms with E-state index in [0.29, 0.717) is 37.4 Å². The maximum absolute atomic E-state index is 13.4. The predicted octanol–water partition coefficient (Wildman–Crippen LogP) is 2.97. The standard InChI is InChI=1S/C22H21FN4O3/c23-17-5-3-15(4-6-17)20(18-14-24-9-10-25-18)26-21(28)16-7-11-27(12-8-16)22(29)19-2-1-13-30-19/h1-6,9-10,13-14,16,20H,7-8,11-12H2,(H,26,28). The Kier molecular flexibility index (Phi) is 5.83. The van der Waals surface area contributed by atoms with Gasteiger partial charge < -0.3 is 14.6 Å². The Labute approximate surface area is 172 Å². The van der Waals surface area contributed by atoms with Gasteiger partial charge >= 0.3 is 0 Å². The molecule has 2 amide bonds. The van der Waals surface area contributed by atoms with Crippen LogP contribution in [0, 0.1) is 11.7 Å². The molecule has 7 nitrogen and oxygen atoms in total. The molecular weight excluding hydrogens is 387 g/mol. The van der Waals surface area contributed by atoms with Crippen LogP contribution in [0.3, 0.4) is 0 Å². The third-order valence-corrected chi connectivity index (χ3v) is 5.25. The van der Waals surface area contributed by atoms with Gasteiger partial charge in [0.05, 0.1) is 24.2 Å². The molecule has 1 aromatic carbocycles. The first kappa shape index (κ1) is 19.8. The fraction of sp³-hybridized carbons (Fsp3) is 0.273. The highest BCUT2D eigenvalue weighted by atomic mass is 19.1. The molecule has 0 aliphatic carbocycles. The first-order valence-electron chi connectivity index (χ1n) is 9.76. The maximum Gasteiger partial charge on any atom is 0.289 e. The van der Waals surface area contributed by atoms with E-state index in [4.69, 9.17) is 4.42 Å². The molecule has 3 aromatic rings. The minimum Gasteiger partial charge on any atom is -0.459 e. The third-order valence-electron chi connectivity index (χ3n) is 5.25. The molecular formula is C22H21FN4O3. The van der Waals surface area contributed by atoms with Crippen LogP contribution in [-0.2, 0) is 4.79 Å². The molecule has 30 heavy (non-hydrogen) atoms.